The summed E-state index contributed by atoms with van der Waals surface area (Å²) in [5, 5.41) is 2.00. The van der Waals surface area contributed by atoms with Gasteiger partial charge >= 0.3 is 241 Å². The first-order valence-electron chi connectivity index (χ1n) is 13.3. The third kappa shape index (κ3) is 5.86. The minimum atomic E-state index is -4.93. The SMILES string of the molecule is C[C](C)(C)[Sn]([O][Si](F)(c1ccccc1)c1ccccc1)([O][Si](F)(c1ccccc1)c1ccccc1)[C](C)(C)C. The third-order valence-electron chi connectivity index (χ3n) is 7.12. The van der Waals surface area contributed by atoms with E-state index in [1.165, 1.54) is 0 Å². The van der Waals surface area contributed by atoms with Crippen molar-refractivity contribution < 1.29 is 13.7 Å². The standard InChI is InChI=1S/2C12H10FOSi.2C4H9.Sn/c2*13-15(14,11-7-3-1-4-8-11)12-9-5-2-6-10-12;2*1-4(2)3;/h2*1-10H;2*1-3H3;/q2*-1;;;+2. The molecule has 4 aromatic carbocycles. The van der Waals surface area contributed by atoms with Gasteiger partial charge in [-0.1, -0.05) is 0 Å². The van der Waals surface area contributed by atoms with Crippen LogP contribution in [0.2, 0.25) is 6.86 Å². The molecule has 0 aliphatic heterocycles. The molecule has 0 heterocycles. The quantitative estimate of drug-likeness (QED) is 0.158. The van der Waals surface area contributed by atoms with E-state index in [0.29, 0.717) is 20.7 Å². The number of rotatable bonds is 8. The molecule has 0 aliphatic carbocycles. The molecule has 39 heavy (non-hydrogen) atoms. The Labute approximate surface area is 239 Å². The van der Waals surface area contributed by atoms with Crippen LogP contribution in [0.15, 0.2) is 121 Å². The molecule has 2 nitrogen and oxygen atoms in total. The predicted molar refractivity (Wildman–Crippen MR) is 165 cm³/mol. The molecule has 0 aromatic heterocycles. The van der Waals surface area contributed by atoms with Crippen LogP contribution in [0.25, 0.3) is 0 Å². The molecular weight excluding hydrogens is 629 g/mol. The Kier molecular flexibility index (Phi) is 8.74. The van der Waals surface area contributed by atoms with Crippen LogP contribution >= 0.6 is 0 Å². The van der Waals surface area contributed by atoms with Gasteiger partial charge in [0, 0.05) is 0 Å². The van der Waals surface area contributed by atoms with Crippen LogP contribution < -0.4 is 20.7 Å². The van der Waals surface area contributed by atoms with Crippen molar-refractivity contribution in [3.63, 3.8) is 0 Å². The van der Waals surface area contributed by atoms with Gasteiger partial charge in [-0.05, 0) is 0 Å². The Morgan fingerprint density at radius 3 is 0.821 bits per heavy atom. The zero-order valence-corrected chi connectivity index (χ0v) is 28.5. The number of benzene rings is 4. The summed E-state index contributed by atoms with van der Waals surface area (Å²) < 4.78 is 49.0. The second kappa shape index (κ2) is 11.4. The maximum atomic E-state index is 18.0. The van der Waals surface area contributed by atoms with Crippen molar-refractivity contribution in [1.82, 2.24) is 0 Å². The number of hydrogen-bond donors (Lipinski definition) is 0. The van der Waals surface area contributed by atoms with E-state index < -0.39 is 43.4 Å². The monoisotopic (exact) mass is 668 g/mol. The van der Waals surface area contributed by atoms with Gasteiger partial charge in [0.1, 0.15) is 0 Å². The molecule has 7 heteroatoms. The summed E-state index contributed by atoms with van der Waals surface area (Å²) in [5.74, 6) is 0. The Bertz CT molecular complexity index is 1160. The Morgan fingerprint density at radius 1 is 0.436 bits per heavy atom. The average Bonchev–Trinajstić information content (AvgIpc) is 2.93. The summed E-state index contributed by atoms with van der Waals surface area (Å²) in [6.45, 7) is 12.2. The van der Waals surface area contributed by atoms with Gasteiger partial charge in [0.25, 0.3) is 0 Å². The molecule has 0 radical (unpaired) electrons. The predicted octanol–water partition coefficient (Wildman–Crippen LogP) is 6.51. The van der Waals surface area contributed by atoms with E-state index in [1.54, 1.807) is 48.5 Å². The topological polar surface area (TPSA) is 18.5 Å². The second-order valence-corrected chi connectivity index (χ2v) is 32.7. The van der Waals surface area contributed by atoms with Crippen LogP contribution in [0.4, 0.5) is 8.22 Å². The summed E-state index contributed by atoms with van der Waals surface area (Å²) in [5.41, 5.74) is 0. The number of halogens is 2. The summed E-state index contributed by atoms with van der Waals surface area (Å²) in [4.78, 5) is 0. The van der Waals surface area contributed by atoms with Gasteiger partial charge in [-0.3, -0.25) is 0 Å². The van der Waals surface area contributed by atoms with Crippen LogP contribution in [-0.2, 0) is 5.53 Å². The van der Waals surface area contributed by atoms with Gasteiger partial charge in [-0.15, -0.1) is 0 Å². The van der Waals surface area contributed by atoms with Gasteiger partial charge in [0.05, 0.1) is 0 Å². The fraction of sp³-hybridized carbons (Fsp3) is 0.250. The summed E-state index contributed by atoms with van der Waals surface area (Å²) in [6.07, 6.45) is 0. The van der Waals surface area contributed by atoms with Crippen molar-refractivity contribution in [3.05, 3.63) is 121 Å². The van der Waals surface area contributed by atoms with Gasteiger partial charge in [0.15, 0.2) is 0 Å². The minimum absolute atomic E-state index is 0.500. The van der Waals surface area contributed by atoms with E-state index in [1.807, 2.05) is 114 Å². The summed E-state index contributed by atoms with van der Waals surface area (Å²) in [6, 6.07) is 36.4. The molecular formula is C32H38F2O2Si2Sn. The molecule has 0 atom stereocenters. The van der Waals surface area contributed by atoms with E-state index in [4.69, 9.17) is 5.53 Å². The van der Waals surface area contributed by atoms with Crippen molar-refractivity contribution >= 4 is 57.3 Å². The van der Waals surface area contributed by atoms with Crippen LogP contribution in [0.1, 0.15) is 41.5 Å². The van der Waals surface area contributed by atoms with E-state index in [2.05, 4.69) is 0 Å². The van der Waals surface area contributed by atoms with E-state index in [0.717, 1.165) is 0 Å². The van der Waals surface area contributed by atoms with Gasteiger partial charge in [-0.2, -0.15) is 0 Å². The molecule has 0 amide bonds. The van der Waals surface area contributed by atoms with Gasteiger partial charge in [0.2, 0.25) is 0 Å². The second-order valence-electron chi connectivity index (χ2n) is 12.0. The summed E-state index contributed by atoms with van der Waals surface area (Å²) in [7, 11) is -8.67. The van der Waals surface area contributed by atoms with Crippen LogP contribution in [0.3, 0.4) is 0 Å². The Morgan fingerprint density at radius 2 is 0.641 bits per heavy atom. The fourth-order valence-corrected chi connectivity index (χ4v) is 39.9. The molecule has 0 saturated heterocycles. The molecule has 4 rings (SSSR count). The summed E-state index contributed by atoms with van der Waals surface area (Å²) >= 11 is -4.93. The number of hydrogen-bond acceptors (Lipinski definition) is 2. The maximum absolute atomic E-state index is 18.0. The molecule has 0 N–H and O–H groups in total. The molecule has 204 valence electrons. The van der Waals surface area contributed by atoms with Crippen LogP contribution in [0.5, 0.6) is 0 Å². The van der Waals surface area contributed by atoms with Crippen LogP contribution in [0, 0.1) is 0 Å². The Balaban J connectivity index is 2.00. The van der Waals surface area contributed by atoms with Crippen molar-refractivity contribution in [2.24, 2.45) is 0 Å². The van der Waals surface area contributed by atoms with E-state index >= 15 is 8.22 Å². The fourth-order valence-electron chi connectivity index (χ4n) is 5.33. The van der Waals surface area contributed by atoms with Gasteiger partial charge < -0.3 is 0 Å². The molecule has 4 aromatic rings. The molecule has 0 unspecified atom stereocenters. The van der Waals surface area contributed by atoms with Crippen molar-refractivity contribution in [1.29, 1.82) is 0 Å². The molecule has 0 spiro atoms. The van der Waals surface area contributed by atoms with Crippen molar-refractivity contribution in [2.45, 2.75) is 48.4 Å². The first-order valence-corrected chi connectivity index (χ1v) is 22.1. The first-order chi connectivity index (χ1) is 18.3. The molecule has 0 bridgehead atoms. The van der Waals surface area contributed by atoms with E-state index in [-0.39, 0.29) is 0 Å². The Hall–Kier alpha value is -2.11. The van der Waals surface area contributed by atoms with E-state index in [9.17, 15) is 0 Å². The molecule has 0 saturated carbocycles. The average molecular weight is 668 g/mol. The third-order valence-corrected chi connectivity index (χ3v) is 33.6. The zero-order chi connectivity index (χ0) is 28.4. The van der Waals surface area contributed by atoms with Crippen molar-refractivity contribution in [3.8, 4) is 0 Å². The van der Waals surface area contributed by atoms with Crippen molar-refractivity contribution in [2.75, 3.05) is 0 Å². The first kappa shape index (κ1) is 29.9. The zero-order valence-electron chi connectivity index (χ0n) is 23.6. The van der Waals surface area contributed by atoms with Crippen LogP contribution in [-0.4, -0.2) is 36.5 Å². The molecule has 0 fully saturated rings. The molecule has 0 aliphatic rings. The normalized spacial score (nSPS) is 13.3. The van der Waals surface area contributed by atoms with Gasteiger partial charge in [-0.25, -0.2) is 0 Å².